The fourth-order valence-electron chi connectivity index (χ4n) is 1.97. The number of amides is 1. The lowest BCUT2D eigenvalue weighted by atomic mass is 10.1. The molecule has 1 saturated heterocycles. The molecule has 88 valence electrons. The number of hydrogen-bond donors (Lipinski definition) is 1. The Morgan fingerprint density at radius 2 is 2.24 bits per heavy atom. The zero-order valence-corrected chi connectivity index (χ0v) is 9.65. The molecule has 0 spiro atoms. The molecular weight excluding hydrogens is 214 g/mol. The van der Waals surface area contributed by atoms with Gasteiger partial charge in [0.1, 0.15) is 6.61 Å². The molecule has 1 amide bonds. The molecular formula is C14H15NO2. The van der Waals surface area contributed by atoms with Gasteiger partial charge in [-0.2, -0.15) is 0 Å². The van der Waals surface area contributed by atoms with Crippen LogP contribution in [-0.2, 0) is 4.79 Å². The number of aliphatic hydroxyl groups excluding tert-OH is 1. The summed E-state index contributed by atoms with van der Waals surface area (Å²) in [5, 5.41) is 8.65. The van der Waals surface area contributed by atoms with Gasteiger partial charge in [-0.1, -0.05) is 17.9 Å². The lowest BCUT2D eigenvalue weighted by molar-refractivity contribution is -0.119. The topological polar surface area (TPSA) is 40.5 Å². The third-order valence-electron chi connectivity index (χ3n) is 2.79. The van der Waals surface area contributed by atoms with Crippen LogP contribution in [0.3, 0.4) is 0 Å². The molecule has 1 N–H and O–H groups in total. The van der Waals surface area contributed by atoms with Gasteiger partial charge in [-0.05, 0) is 31.0 Å². The lowest BCUT2D eigenvalue weighted by Gasteiger charge is -2.26. The third-order valence-corrected chi connectivity index (χ3v) is 2.79. The predicted octanol–water partition coefficient (Wildman–Crippen LogP) is 1.55. The summed E-state index contributed by atoms with van der Waals surface area (Å²) in [6.45, 7) is 0.641. The highest BCUT2D eigenvalue weighted by atomic mass is 16.2. The lowest BCUT2D eigenvalue weighted by Crippen LogP contribution is -2.35. The fraction of sp³-hybridized carbons (Fsp3) is 0.357. The normalized spacial score (nSPS) is 15.4. The Bertz CT molecular complexity index is 471. The SMILES string of the molecule is O=C1CCCCN1c1cccc(C#CCO)c1. The average Bonchev–Trinajstić information content (AvgIpc) is 2.37. The van der Waals surface area contributed by atoms with Crippen LogP contribution in [0, 0.1) is 11.8 Å². The first kappa shape index (κ1) is 11.7. The van der Waals surface area contributed by atoms with E-state index in [1.807, 2.05) is 29.2 Å². The monoisotopic (exact) mass is 229 g/mol. The molecule has 0 unspecified atom stereocenters. The Kier molecular flexibility index (Phi) is 3.79. The van der Waals surface area contributed by atoms with Gasteiger partial charge in [-0.3, -0.25) is 4.79 Å². The molecule has 0 aliphatic carbocycles. The molecule has 1 aromatic rings. The molecule has 0 aromatic heterocycles. The standard InChI is InChI=1S/C14H15NO2/c16-10-4-6-12-5-3-7-13(11-12)15-9-2-1-8-14(15)17/h3,5,7,11,16H,1-2,8-10H2. The van der Waals surface area contributed by atoms with Crippen molar-refractivity contribution in [1.29, 1.82) is 0 Å². The third kappa shape index (κ3) is 2.86. The first-order valence-electron chi connectivity index (χ1n) is 5.81. The van der Waals surface area contributed by atoms with Crippen molar-refractivity contribution in [2.45, 2.75) is 19.3 Å². The van der Waals surface area contributed by atoms with E-state index in [9.17, 15) is 4.79 Å². The molecule has 1 fully saturated rings. The van der Waals surface area contributed by atoms with Crippen molar-refractivity contribution in [2.75, 3.05) is 18.1 Å². The molecule has 0 radical (unpaired) electrons. The van der Waals surface area contributed by atoms with Crippen LogP contribution in [0.2, 0.25) is 0 Å². The highest BCUT2D eigenvalue weighted by Gasteiger charge is 2.19. The number of piperidine rings is 1. The largest absolute Gasteiger partial charge is 0.384 e. The van der Waals surface area contributed by atoms with Crippen LogP contribution in [0.1, 0.15) is 24.8 Å². The molecule has 17 heavy (non-hydrogen) atoms. The van der Waals surface area contributed by atoms with Gasteiger partial charge in [0.15, 0.2) is 0 Å². The number of aliphatic hydroxyl groups is 1. The Labute approximate surface area is 101 Å². The van der Waals surface area contributed by atoms with E-state index in [4.69, 9.17) is 5.11 Å². The van der Waals surface area contributed by atoms with Crippen LogP contribution >= 0.6 is 0 Å². The van der Waals surface area contributed by atoms with Crippen molar-refractivity contribution >= 4 is 11.6 Å². The van der Waals surface area contributed by atoms with Crippen LogP contribution in [0.5, 0.6) is 0 Å². The van der Waals surface area contributed by atoms with Gasteiger partial charge in [0.05, 0.1) is 0 Å². The Morgan fingerprint density at radius 3 is 3.00 bits per heavy atom. The molecule has 3 nitrogen and oxygen atoms in total. The van der Waals surface area contributed by atoms with Crippen LogP contribution in [0.15, 0.2) is 24.3 Å². The van der Waals surface area contributed by atoms with Crippen LogP contribution in [-0.4, -0.2) is 24.2 Å². The minimum absolute atomic E-state index is 0.146. The first-order valence-corrected chi connectivity index (χ1v) is 5.81. The van der Waals surface area contributed by atoms with E-state index in [1.165, 1.54) is 0 Å². The summed E-state index contributed by atoms with van der Waals surface area (Å²) in [5.41, 5.74) is 1.73. The Balaban J connectivity index is 2.23. The van der Waals surface area contributed by atoms with E-state index < -0.39 is 0 Å². The van der Waals surface area contributed by atoms with Gasteiger partial charge < -0.3 is 10.0 Å². The highest BCUT2D eigenvalue weighted by Crippen LogP contribution is 2.21. The summed E-state index contributed by atoms with van der Waals surface area (Å²) in [6.07, 6.45) is 2.67. The minimum atomic E-state index is -0.146. The van der Waals surface area contributed by atoms with Crippen molar-refractivity contribution < 1.29 is 9.90 Å². The predicted molar refractivity (Wildman–Crippen MR) is 66.6 cm³/mol. The Hall–Kier alpha value is -1.79. The molecule has 0 atom stereocenters. The zero-order valence-electron chi connectivity index (χ0n) is 9.65. The van der Waals surface area contributed by atoms with Crippen molar-refractivity contribution in [2.24, 2.45) is 0 Å². The summed E-state index contributed by atoms with van der Waals surface area (Å²) in [7, 11) is 0. The maximum Gasteiger partial charge on any atom is 0.226 e. The molecule has 0 bridgehead atoms. The van der Waals surface area contributed by atoms with Gasteiger partial charge in [0.25, 0.3) is 0 Å². The Morgan fingerprint density at radius 1 is 1.35 bits per heavy atom. The average molecular weight is 229 g/mol. The first-order chi connectivity index (χ1) is 8.31. The fourth-order valence-corrected chi connectivity index (χ4v) is 1.97. The second kappa shape index (κ2) is 5.51. The molecule has 0 saturated carbocycles. The van der Waals surface area contributed by atoms with E-state index >= 15 is 0 Å². The maximum absolute atomic E-state index is 11.8. The van der Waals surface area contributed by atoms with E-state index in [0.717, 1.165) is 30.6 Å². The molecule has 1 heterocycles. The van der Waals surface area contributed by atoms with Crippen LogP contribution in [0.25, 0.3) is 0 Å². The van der Waals surface area contributed by atoms with Crippen LogP contribution < -0.4 is 4.90 Å². The minimum Gasteiger partial charge on any atom is -0.384 e. The molecule has 1 aromatic carbocycles. The van der Waals surface area contributed by atoms with E-state index in [2.05, 4.69) is 11.8 Å². The van der Waals surface area contributed by atoms with Gasteiger partial charge in [0.2, 0.25) is 5.91 Å². The van der Waals surface area contributed by atoms with E-state index in [1.54, 1.807) is 0 Å². The van der Waals surface area contributed by atoms with Crippen molar-refractivity contribution in [1.82, 2.24) is 0 Å². The van der Waals surface area contributed by atoms with Gasteiger partial charge >= 0.3 is 0 Å². The number of benzene rings is 1. The molecule has 2 rings (SSSR count). The molecule has 3 heteroatoms. The molecule has 1 aliphatic heterocycles. The maximum atomic E-state index is 11.8. The van der Waals surface area contributed by atoms with Crippen molar-refractivity contribution in [3.63, 3.8) is 0 Å². The smallest absolute Gasteiger partial charge is 0.226 e. The van der Waals surface area contributed by atoms with Gasteiger partial charge in [-0.25, -0.2) is 0 Å². The number of rotatable bonds is 1. The number of hydrogen-bond acceptors (Lipinski definition) is 2. The summed E-state index contributed by atoms with van der Waals surface area (Å²) in [6, 6.07) is 7.58. The van der Waals surface area contributed by atoms with Gasteiger partial charge in [-0.15, -0.1) is 0 Å². The number of anilines is 1. The quantitative estimate of drug-likeness (QED) is 0.742. The summed E-state index contributed by atoms with van der Waals surface area (Å²) >= 11 is 0. The second-order valence-corrected chi connectivity index (χ2v) is 4.01. The summed E-state index contributed by atoms with van der Waals surface area (Å²) in [4.78, 5) is 13.6. The summed E-state index contributed by atoms with van der Waals surface area (Å²) in [5.74, 6) is 5.64. The van der Waals surface area contributed by atoms with Crippen LogP contribution in [0.4, 0.5) is 5.69 Å². The zero-order chi connectivity index (χ0) is 12.1. The van der Waals surface area contributed by atoms with E-state index in [0.29, 0.717) is 6.42 Å². The highest BCUT2D eigenvalue weighted by molar-refractivity contribution is 5.94. The van der Waals surface area contributed by atoms with Gasteiger partial charge in [0, 0.05) is 24.2 Å². The number of carbonyl (C=O) groups is 1. The summed E-state index contributed by atoms with van der Waals surface area (Å²) < 4.78 is 0. The number of carbonyl (C=O) groups excluding carboxylic acids is 1. The van der Waals surface area contributed by atoms with E-state index in [-0.39, 0.29) is 12.5 Å². The second-order valence-electron chi connectivity index (χ2n) is 4.01. The van der Waals surface area contributed by atoms with Crippen molar-refractivity contribution in [3.05, 3.63) is 29.8 Å². The molecule has 1 aliphatic rings. The van der Waals surface area contributed by atoms with Crippen molar-refractivity contribution in [3.8, 4) is 11.8 Å². The number of nitrogens with zero attached hydrogens (tertiary/aromatic N) is 1.